The second kappa shape index (κ2) is 20.3. The summed E-state index contributed by atoms with van der Waals surface area (Å²) in [6.07, 6.45) is 18.3. The lowest BCUT2D eigenvalue weighted by molar-refractivity contribution is 0.102. The van der Waals surface area contributed by atoms with Crippen molar-refractivity contribution in [3.8, 4) is 39.1 Å². The summed E-state index contributed by atoms with van der Waals surface area (Å²) in [6.45, 7) is 8.29. The number of amides is 1. The third-order valence-corrected chi connectivity index (χ3v) is 17.3. The van der Waals surface area contributed by atoms with Crippen molar-refractivity contribution in [2.24, 2.45) is 5.92 Å². The highest BCUT2D eigenvalue weighted by atomic mass is 19.1. The molecule has 1 atom stereocenters. The highest BCUT2D eigenvalue weighted by Crippen LogP contribution is 2.59. The lowest BCUT2D eigenvalue weighted by atomic mass is 9.76. The second-order valence-electron chi connectivity index (χ2n) is 22.4. The fraction of sp³-hybridized carbons (Fsp3) is 0.290. The predicted octanol–water partition coefficient (Wildman–Crippen LogP) is 18.3. The second-order valence-corrected chi connectivity index (χ2v) is 22.4. The molecule has 1 amide bonds. The first-order chi connectivity index (χ1) is 37.0. The van der Waals surface area contributed by atoms with Crippen molar-refractivity contribution in [3.05, 3.63) is 214 Å². The zero-order valence-corrected chi connectivity index (χ0v) is 43.8. The number of fused-ring (bicyclic) bond motifs is 8. The number of hydrogen-bond acceptors (Lipinski definition) is 3. The van der Waals surface area contributed by atoms with Crippen molar-refractivity contribution in [1.82, 2.24) is 0 Å². The Morgan fingerprint density at radius 1 is 0.645 bits per heavy atom. The van der Waals surface area contributed by atoms with Crippen LogP contribution in [0.5, 0.6) is 5.75 Å². The fourth-order valence-electron chi connectivity index (χ4n) is 13.2. The SMILES string of the molecule is CCCCCC1CCC(c2ccc(-c3ccc(C(=O)Nc4ccc(-c5ccc6c7c(c8c(c6c5)-c5cc(F)cc(F)c5C8(C)C)C=CC(c5ccc(F)cc5)(c5ccc(N6CCCCC6)cc5)O7)cc4)cc3)cc2)CC1. The molecule has 76 heavy (non-hydrogen) atoms. The van der Waals surface area contributed by atoms with Crippen LogP contribution in [0.1, 0.15) is 141 Å². The minimum atomic E-state index is -1.14. The molecule has 2 fully saturated rings. The molecule has 12 rings (SSSR count). The molecular formula is C69H65F3N2O2. The molecule has 8 aromatic rings. The average molecular weight is 1010 g/mol. The number of unbranched alkanes of at least 4 members (excludes halogenated alkanes) is 2. The van der Waals surface area contributed by atoms with Crippen LogP contribution < -0.4 is 15.0 Å². The maximum Gasteiger partial charge on any atom is 0.255 e. The standard InChI is InChI=1S/C69H65F3N2O2/c1-4-5-7-10-44-11-13-45(14-12-44)46-15-17-47(18-16-46)48-19-21-50(22-20-48)67(75)73-56-32-23-49(24-33-56)51-25-36-58-60(41-51)63-61-42-55(71)43-62(72)64(61)68(2,3)65(63)59-37-38-69(76-66(58)59,52-26-30-54(70)31-27-52)53-28-34-57(35-29-53)74-39-8-6-9-40-74/h15-38,41-45H,4-14,39-40H2,1-3H3,(H,73,75). The van der Waals surface area contributed by atoms with E-state index in [2.05, 4.69) is 77.8 Å². The molecule has 1 saturated carbocycles. The molecule has 0 bridgehead atoms. The molecule has 7 heteroatoms. The molecule has 1 saturated heterocycles. The number of benzene rings is 8. The van der Waals surface area contributed by atoms with Crippen LogP contribution in [0.2, 0.25) is 0 Å². The van der Waals surface area contributed by atoms with Crippen molar-refractivity contribution in [2.45, 2.75) is 108 Å². The number of nitrogens with one attached hydrogen (secondary N) is 1. The summed E-state index contributed by atoms with van der Waals surface area (Å²) in [5.41, 5.74) is 10.8. The Balaban J connectivity index is 0.832. The molecule has 4 nitrogen and oxygen atoms in total. The molecule has 1 unspecified atom stereocenters. The van der Waals surface area contributed by atoms with Crippen LogP contribution >= 0.6 is 0 Å². The summed E-state index contributed by atoms with van der Waals surface area (Å²) in [7, 11) is 0. The number of piperidine rings is 1. The largest absolute Gasteiger partial charge is 0.472 e. The number of ether oxygens (including phenoxy) is 1. The maximum atomic E-state index is 16.2. The Morgan fingerprint density at radius 3 is 1.96 bits per heavy atom. The third kappa shape index (κ3) is 9.09. The first-order valence-corrected chi connectivity index (χ1v) is 27.7. The predicted molar refractivity (Wildman–Crippen MR) is 305 cm³/mol. The van der Waals surface area contributed by atoms with Crippen molar-refractivity contribution < 1.29 is 22.7 Å². The van der Waals surface area contributed by atoms with Crippen LogP contribution in [0, 0.1) is 23.4 Å². The number of rotatable bonds is 12. The molecule has 2 aliphatic carbocycles. The van der Waals surface area contributed by atoms with Gasteiger partial charge in [-0.15, -0.1) is 0 Å². The number of nitrogens with zero attached hydrogens (tertiary/aromatic N) is 1. The van der Waals surface area contributed by atoms with E-state index < -0.39 is 22.7 Å². The number of carbonyl (C=O) groups is 1. The monoisotopic (exact) mass is 1010 g/mol. The zero-order chi connectivity index (χ0) is 52.1. The van der Waals surface area contributed by atoms with Gasteiger partial charge in [0.25, 0.3) is 5.91 Å². The van der Waals surface area contributed by atoms with Crippen LogP contribution in [0.3, 0.4) is 0 Å². The lowest BCUT2D eigenvalue weighted by Crippen LogP contribution is -2.35. The first-order valence-electron chi connectivity index (χ1n) is 27.7. The number of hydrogen-bond donors (Lipinski definition) is 1. The number of halogens is 3. The summed E-state index contributed by atoms with van der Waals surface area (Å²) in [5.74, 6) is 0.366. The molecule has 0 spiro atoms. The first kappa shape index (κ1) is 49.5. The van der Waals surface area contributed by atoms with Gasteiger partial charge in [-0.05, 0) is 179 Å². The minimum Gasteiger partial charge on any atom is -0.472 e. The van der Waals surface area contributed by atoms with E-state index in [1.165, 1.54) is 81.5 Å². The summed E-state index contributed by atoms with van der Waals surface area (Å²) >= 11 is 0. The third-order valence-electron chi connectivity index (χ3n) is 17.3. The van der Waals surface area contributed by atoms with Crippen LogP contribution in [-0.4, -0.2) is 19.0 Å². The quantitative estimate of drug-likeness (QED) is 0.124. The van der Waals surface area contributed by atoms with E-state index in [-0.39, 0.29) is 11.7 Å². The van der Waals surface area contributed by atoms with E-state index in [0.29, 0.717) is 34.0 Å². The summed E-state index contributed by atoms with van der Waals surface area (Å²) < 4.78 is 53.7. The van der Waals surface area contributed by atoms with E-state index in [9.17, 15) is 9.18 Å². The normalized spacial score (nSPS) is 19.4. The molecule has 1 N–H and O–H groups in total. The summed E-state index contributed by atoms with van der Waals surface area (Å²) in [6, 6.07) is 48.1. The van der Waals surface area contributed by atoms with Crippen LogP contribution in [0.15, 0.2) is 158 Å². The summed E-state index contributed by atoms with van der Waals surface area (Å²) in [5, 5.41) is 4.66. The van der Waals surface area contributed by atoms with Gasteiger partial charge in [-0.2, -0.15) is 0 Å². The van der Waals surface area contributed by atoms with Gasteiger partial charge in [0.15, 0.2) is 5.60 Å². The summed E-state index contributed by atoms with van der Waals surface area (Å²) in [4.78, 5) is 16.0. The molecule has 0 radical (unpaired) electrons. The van der Waals surface area contributed by atoms with E-state index in [1.54, 1.807) is 12.1 Å². The van der Waals surface area contributed by atoms with Crippen LogP contribution in [0.25, 0.3) is 50.2 Å². The number of carbonyl (C=O) groups excluding carboxylic acids is 1. The smallest absolute Gasteiger partial charge is 0.255 e. The molecule has 2 heterocycles. The molecule has 2 aliphatic heterocycles. The fourth-order valence-corrected chi connectivity index (χ4v) is 13.2. The van der Waals surface area contributed by atoms with Crippen molar-refractivity contribution in [2.75, 3.05) is 23.3 Å². The van der Waals surface area contributed by atoms with E-state index in [0.717, 1.165) is 104 Å². The molecule has 0 aromatic heterocycles. The van der Waals surface area contributed by atoms with Gasteiger partial charge in [0.05, 0.1) is 0 Å². The van der Waals surface area contributed by atoms with Gasteiger partial charge in [0.1, 0.15) is 23.2 Å². The Labute approximate surface area is 445 Å². The van der Waals surface area contributed by atoms with Gasteiger partial charge in [-0.3, -0.25) is 4.79 Å². The van der Waals surface area contributed by atoms with Gasteiger partial charge in [-0.1, -0.05) is 131 Å². The van der Waals surface area contributed by atoms with Gasteiger partial charge in [-0.25, -0.2) is 13.2 Å². The van der Waals surface area contributed by atoms with Crippen molar-refractivity contribution in [3.63, 3.8) is 0 Å². The Kier molecular flexibility index (Phi) is 13.2. The highest BCUT2D eigenvalue weighted by molar-refractivity contribution is 6.10. The lowest BCUT2D eigenvalue weighted by Gasteiger charge is -2.39. The van der Waals surface area contributed by atoms with E-state index >= 15 is 8.78 Å². The van der Waals surface area contributed by atoms with E-state index in [4.69, 9.17) is 4.74 Å². The molecule has 8 aromatic carbocycles. The molecular weight excluding hydrogens is 946 g/mol. The molecule has 4 aliphatic rings. The van der Waals surface area contributed by atoms with E-state index in [1.807, 2.05) is 80.6 Å². The van der Waals surface area contributed by atoms with Gasteiger partial charge < -0.3 is 15.0 Å². The highest BCUT2D eigenvalue weighted by Gasteiger charge is 2.46. The molecule has 384 valence electrons. The zero-order valence-electron chi connectivity index (χ0n) is 43.8. The van der Waals surface area contributed by atoms with Gasteiger partial charge >= 0.3 is 0 Å². The topological polar surface area (TPSA) is 41.6 Å². The Morgan fingerprint density at radius 2 is 1.28 bits per heavy atom. The van der Waals surface area contributed by atoms with Crippen LogP contribution in [-0.2, 0) is 11.0 Å². The minimum absolute atomic E-state index is 0.199. The Bertz CT molecular complexity index is 3480. The van der Waals surface area contributed by atoms with Crippen molar-refractivity contribution in [1.29, 1.82) is 0 Å². The van der Waals surface area contributed by atoms with Crippen LogP contribution in [0.4, 0.5) is 24.5 Å². The number of anilines is 2. The Hall–Kier alpha value is -7.38. The van der Waals surface area contributed by atoms with Gasteiger partial charge in [0.2, 0.25) is 0 Å². The van der Waals surface area contributed by atoms with Crippen molar-refractivity contribution >= 4 is 34.1 Å². The average Bonchev–Trinajstić information content (AvgIpc) is 3.75. The maximum absolute atomic E-state index is 16.2. The van der Waals surface area contributed by atoms with Gasteiger partial charge in [0, 0.05) is 69.1 Å².